The van der Waals surface area contributed by atoms with E-state index >= 15 is 0 Å². The Morgan fingerprint density at radius 1 is 1.28 bits per heavy atom. The van der Waals surface area contributed by atoms with Crippen molar-refractivity contribution < 1.29 is 13.2 Å². The Morgan fingerprint density at radius 2 is 2.00 bits per heavy atom. The van der Waals surface area contributed by atoms with Gasteiger partial charge in [0.05, 0.1) is 5.56 Å². The van der Waals surface area contributed by atoms with Crippen molar-refractivity contribution in [3.05, 3.63) is 27.9 Å². The van der Waals surface area contributed by atoms with E-state index in [2.05, 4.69) is 15.2 Å². The van der Waals surface area contributed by atoms with Crippen LogP contribution in [0, 0.1) is 6.92 Å². The minimum Gasteiger partial charge on any atom is -0.229 e. The van der Waals surface area contributed by atoms with Gasteiger partial charge in [0, 0.05) is 0 Å². The average Bonchev–Trinajstić information content (AvgIpc) is 2.61. The summed E-state index contributed by atoms with van der Waals surface area (Å²) in [4.78, 5) is 3.82. The molecule has 0 saturated carbocycles. The number of hydrogen-bond donors (Lipinski definition) is 0. The van der Waals surface area contributed by atoms with Crippen LogP contribution in [0.5, 0.6) is 0 Å². The van der Waals surface area contributed by atoms with E-state index in [-0.39, 0.29) is 10.2 Å². The van der Waals surface area contributed by atoms with Gasteiger partial charge in [0.25, 0.3) is 0 Å². The third-order valence-electron chi connectivity index (χ3n) is 1.80. The second kappa shape index (κ2) is 5.02. The molecule has 0 aromatic carbocycles. The molecule has 0 radical (unpaired) electrons. The van der Waals surface area contributed by atoms with Crippen LogP contribution in [0.1, 0.15) is 10.6 Å². The highest BCUT2D eigenvalue weighted by molar-refractivity contribution is 8.01. The lowest BCUT2D eigenvalue weighted by atomic mass is 10.3. The predicted octanol–water partition coefficient (Wildman–Crippen LogP) is 4.06. The Morgan fingerprint density at radius 3 is 2.56 bits per heavy atom. The lowest BCUT2D eigenvalue weighted by Crippen LogP contribution is -2.05. The van der Waals surface area contributed by atoms with Gasteiger partial charge in [-0.15, -0.1) is 10.2 Å². The largest absolute Gasteiger partial charge is 0.416 e. The molecule has 0 fully saturated rings. The Hall–Kier alpha value is -0.860. The average molecular weight is 312 g/mol. The van der Waals surface area contributed by atoms with E-state index in [1.807, 2.05) is 0 Å². The Bertz CT molecular complexity index is 570. The highest BCUT2D eigenvalue weighted by Gasteiger charge is 2.31. The summed E-state index contributed by atoms with van der Waals surface area (Å²) < 4.78 is 38.2. The van der Waals surface area contributed by atoms with Crippen molar-refractivity contribution in [2.24, 2.45) is 0 Å². The molecule has 18 heavy (non-hydrogen) atoms. The number of pyridine rings is 1. The maximum atomic E-state index is 12.6. The van der Waals surface area contributed by atoms with Gasteiger partial charge in [-0.2, -0.15) is 13.2 Å². The zero-order valence-corrected chi connectivity index (χ0v) is 11.2. The van der Waals surface area contributed by atoms with E-state index in [4.69, 9.17) is 11.6 Å². The zero-order chi connectivity index (χ0) is 13.3. The summed E-state index contributed by atoms with van der Waals surface area (Å²) in [7, 11) is 0. The van der Waals surface area contributed by atoms with E-state index in [0.29, 0.717) is 4.34 Å². The first kappa shape index (κ1) is 13.6. The van der Waals surface area contributed by atoms with Gasteiger partial charge >= 0.3 is 6.18 Å². The number of aryl methyl sites for hydroxylation is 1. The maximum Gasteiger partial charge on any atom is 0.416 e. The molecule has 0 aliphatic carbocycles. The third kappa shape index (κ3) is 3.33. The predicted molar refractivity (Wildman–Crippen MR) is 63.0 cm³/mol. The normalized spacial score (nSPS) is 11.8. The van der Waals surface area contributed by atoms with Crippen LogP contribution in [0.25, 0.3) is 0 Å². The summed E-state index contributed by atoms with van der Waals surface area (Å²) in [6.07, 6.45) is -4.45. The summed E-state index contributed by atoms with van der Waals surface area (Å²) in [6.45, 7) is 1.76. The van der Waals surface area contributed by atoms with Gasteiger partial charge in [0.15, 0.2) is 4.34 Å². The molecule has 0 spiro atoms. The van der Waals surface area contributed by atoms with E-state index in [1.165, 1.54) is 11.3 Å². The SMILES string of the molecule is Cc1nnc(Sc2cc(C(F)(F)F)cc(Cl)n2)s1. The summed E-state index contributed by atoms with van der Waals surface area (Å²) in [5.41, 5.74) is -0.828. The number of rotatable bonds is 2. The molecule has 0 unspecified atom stereocenters. The van der Waals surface area contributed by atoms with Crippen molar-refractivity contribution in [2.45, 2.75) is 22.5 Å². The topological polar surface area (TPSA) is 38.7 Å². The second-order valence-corrected chi connectivity index (χ2v) is 6.04. The molecule has 2 aromatic rings. The molecule has 0 atom stereocenters. The first-order chi connectivity index (χ1) is 8.34. The summed E-state index contributed by atoms with van der Waals surface area (Å²) in [5, 5.41) is 8.25. The van der Waals surface area contributed by atoms with Gasteiger partial charge in [-0.25, -0.2) is 4.98 Å². The van der Waals surface area contributed by atoms with Crippen LogP contribution in [0.15, 0.2) is 21.5 Å². The van der Waals surface area contributed by atoms with Crippen LogP contribution in [-0.2, 0) is 6.18 Å². The molecule has 3 nitrogen and oxygen atoms in total. The van der Waals surface area contributed by atoms with Crippen molar-refractivity contribution >= 4 is 34.7 Å². The molecular weight excluding hydrogens is 307 g/mol. The molecule has 0 saturated heterocycles. The van der Waals surface area contributed by atoms with Crippen LogP contribution in [-0.4, -0.2) is 15.2 Å². The van der Waals surface area contributed by atoms with Gasteiger partial charge in [0.1, 0.15) is 15.2 Å². The molecule has 0 amide bonds. The number of alkyl halides is 3. The van der Waals surface area contributed by atoms with Crippen LogP contribution < -0.4 is 0 Å². The molecule has 2 rings (SSSR count). The van der Waals surface area contributed by atoms with Crippen LogP contribution in [0.4, 0.5) is 13.2 Å². The zero-order valence-electron chi connectivity index (χ0n) is 8.82. The Balaban J connectivity index is 2.31. The number of hydrogen-bond acceptors (Lipinski definition) is 5. The van der Waals surface area contributed by atoms with Crippen molar-refractivity contribution in [1.29, 1.82) is 0 Å². The van der Waals surface area contributed by atoms with Crippen LogP contribution in [0.2, 0.25) is 5.15 Å². The summed E-state index contributed by atoms with van der Waals surface area (Å²) >= 11 is 7.85. The van der Waals surface area contributed by atoms with E-state index in [1.54, 1.807) is 6.92 Å². The van der Waals surface area contributed by atoms with E-state index in [9.17, 15) is 13.2 Å². The Kier molecular flexibility index (Phi) is 3.79. The highest BCUT2D eigenvalue weighted by atomic mass is 35.5. The lowest BCUT2D eigenvalue weighted by Gasteiger charge is -2.07. The smallest absolute Gasteiger partial charge is 0.229 e. The first-order valence-corrected chi connectivity index (χ1v) is 6.58. The van der Waals surface area contributed by atoms with Crippen molar-refractivity contribution in [3.63, 3.8) is 0 Å². The fraction of sp³-hybridized carbons (Fsp3) is 0.222. The molecule has 0 aliphatic rings. The molecule has 96 valence electrons. The number of aromatic nitrogens is 3. The summed E-state index contributed by atoms with van der Waals surface area (Å²) in [5.74, 6) is 0. The maximum absolute atomic E-state index is 12.6. The quantitative estimate of drug-likeness (QED) is 0.784. The van der Waals surface area contributed by atoms with Gasteiger partial charge in [-0.3, -0.25) is 0 Å². The van der Waals surface area contributed by atoms with Crippen LogP contribution >= 0.6 is 34.7 Å². The number of nitrogens with zero attached hydrogens (tertiary/aromatic N) is 3. The second-order valence-electron chi connectivity index (χ2n) is 3.20. The molecule has 9 heteroatoms. The van der Waals surface area contributed by atoms with Gasteiger partial charge in [0.2, 0.25) is 0 Å². The van der Waals surface area contributed by atoms with Gasteiger partial charge in [-0.1, -0.05) is 22.9 Å². The Labute approximate surface area is 113 Å². The third-order valence-corrected chi connectivity index (χ3v) is 3.80. The van der Waals surface area contributed by atoms with Crippen molar-refractivity contribution in [1.82, 2.24) is 15.2 Å². The molecule has 0 bridgehead atoms. The van der Waals surface area contributed by atoms with E-state index in [0.717, 1.165) is 28.9 Å². The van der Waals surface area contributed by atoms with Crippen molar-refractivity contribution in [2.75, 3.05) is 0 Å². The first-order valence-electron chi connectivity index (χ1n) is 4.57. The monoisotopic (exact) mass is 311 g/mol. The van der Waals surface area contributed by atoms with Gasteiger partial charge < -0.3 is 0 Å². The molecular formula is C9H5ClF3N3S2. The highest BCUT2D eigenvalue weighted by Crippen LogP contribution is 2.35. The fourth-order valence-electron chi connectivity index (χ4n) is 1.10. The number of halogens is 4. The molecule has 0 N–H and O–H groups in total. The minimum absolute atomic E-state index is 0.144. The van der Waals surface area contributed by atoms with E-state index < -0.39 is 11.7 Å². The molecule has 2 aromatic heterocycles. The lowest BCUT2D eigenvalue weighted by molar-refractivity contribution is -0.137. The summed E-state index contributed by atoms with van der Waals surface area (Å²) in [6, 6.07) is 1.73. The van der Waals surface area contributed by atoms with Gasteiger partial charge in [-0.05, 0) is 30.8 Å². The molecule has 2 heterocycles. The fourth-order valence-corrected chi connectivity index (χ4v) is 3.15. The van der Waals surface area contributed by atoms with Crippen LogP contribution in [0.3, 0.4) is 0 Å². The molecule has 0 aliphatic heterocycles. The standard InChI is InChI=1S/C9H5ClF3N3S2/c1-4-15-16-8(17-4)18-7-3-5(9(11,12)13)2-6(10)14-7/h2-3H,1H3. The van der Waals surface area contributed by atoms with Crippen molar-refractivity contribution in [3.8, 4) is 0 Å². The minimum atomic E-state index is -4.45.